The normalized spacial score (nSPS) is 24.6. The molecule has 4 unspecified atom stereocenters. The fraction of sp³-hybridized carbons (Fsp3) is 0.400. The van der Waals surface area contributed by atoms with Crippen molar-refractivity contribution in [3.8, 4) is 6.07 Å². The largest absolute Gasteiger partial charge is 0.356 e. The number of carbonyl (C=O) groups is 3. The Labute approximate surface area is 288 Å². The van der Waals surface area contributed by atoms with Crippen LogP contribution in [0, 0.1) is 23.2 Å². The van der Waals surface area contributed by atoms with Gasteiger partial charge in [0, 0.05) is 61.5 Å². The van der Waals surface area contributed by atoms with E-state index in [1.165, 1.54) is 16.7 Å². The SMILES string of the molecule is N#C/C(=C\C1CC1)C(=O)Nc1cccc(C(=O)NC2CCN(Cc3ccc(C4NC5CCNC(=O)C5CC4c4ccccc4)cc3)CC2)c1. The van der Waals surface area contributed by atoms with E-state index in [9.17, 15) is 19.6 Å². The molecule has 0 spiro atoms. The summed E-state index contributed by atoms with van der Waals surface area (Å²) in [6.07, 6.45) is 7.27. The monoisotopic (exact) mass is 656 g/mol. The van der Waals surface area contributed by atoms with Gasteiger partial charge in [0.05, 0.1) is 5.92 Å². The molecule has 0 aromatic heterocycles. The van der Waals surface area contributed by atoms with Crippen molar-refractivity contribution in [2.75, 3.05) is 25.0 Å². The molecule has 49 heavy (non-hydrogen) atoms. The van der Waals surface area contributed by atoms with Crippen LogP contribution in [-0.4, -0.2) is 54.3 Å². The number of benzene rings is 3. The van der Waals surface area contributed by atoms with E-state index in [2.05, 4.69) is 74.7 Å². The first-order chi connectivity index (χ1) is 23.9. The highest BCUT2D eigenvalue weighted by Gasteiger charge is 2.42. The van der Waals surface area contributed by atoms with Crippen LogP contribution in [0.4, 0.5) is 5.69 Å². The van der Waals surface area contributed by atoms with Crippen molar-refractivity contribution in [2.45, 2.75) is 69.1 Å². The number of hydrogen-bond donors (Lipinski definition) is 4. The summed E-state index contributed by atoms with van der Waals surface area (Å²) < 4.78 is 0. The summed E-state index contributed by atoms with van der Waals surface area (Å²) in [7, 11) is 0. The van der Waals surface area contributed by atoms with Gasteiger partial charge in [0.25, 0.3) is 11.8 Å². The molecule has 252 valence electrons. The predicted octanol–water partition coefficient (Wildman–Crippen LogP) is 5.20. The van der Waals surface area contributed by atoms with Gasteiger partial charge >= 0.3 is 0 Å². The van der Waals surface area contributed by atoms with Crippen LogP contribution < -0.4 is 21.3 Å². The molecule has 9 nitrogen and oxygen atoms in total. The van der Waals surface area contributed by atoms with Crippen molar-refractivity contribution < 1.29 is 14.4 Å². The molecule has 0 radical (unpaired) electrons. The maximum atomic E-state index is 13.1. The van der Waals surface area contributed by atoms with Gasteiger partial charge in [-0.15, -0.1) is 0 Å². The molecule has 0 bridgehead atoms. The number of carbonyl (C=O) groups excluding carboxylic acids is 3. The van der Waals surface area contributed by atoms with E-state index in [0.29, 0.717) is 17.2 Å². The number of hydrogen-bond acceptors (Lipinski definition) is 6. The van der Waals surface area contributed by atoms with Crippen molar-refractivity contribution in [1.82, 2.24) is 20.9 Å². The Balaban J connectivity index is 0.918. The van der Waals surface area contributed by atoms with Gasteiger partial charge < -0.3 is 21.3 Å². The predicted molar refractivity (Wildman–Crippen MR) is 188 cm³/mol. The van der Waals surface area contributed by atoms with Crippen molar-refractivity contribution in [3.63, 3.8) is 0 Å². The summed E-state index contributed by atoms with van der Waals surface area (Å²) in [5.41, 5.74) is 4.88. The lowest BCUT2D eigenvalue weighted by Crippen LogP contribution is -2.56. The zero-order valence-electron chi connectivity index (χ0n) is 27.7. The highest BCUT2D eigenvalue weighted by Crippen LogP contribution is 2.43. The molecule has 7 rings (SSSR count). The molecule has 1 aliphatic carbocycles. The Kier molecular flexibility index (Phi) is 9.87. The van der Waals surface area contributed by atoms with E-state index >= 15 is 0 Å². The maximum Gasteiger partial charge on any atom is 0.265 e. The fourth-order valence-corrected chi connectivity index (χ4v) is 7.64. The quantitative estimate of drug-likeness (QED) is 0.185. The van der Waals surface area contributed by atoms with Gasteiger partial charge in [-0.25, -0.2) is 0 Å². The minimum absolute atomic E-state index is 0.00216. The second kappa shape index (κ2) is 14.8. The van der Waals surface area contributed by atoms with E-state index in [1.807, 2.05) is 12.1 Å². The summed E-state index contributed by atoms with van der Waals surface area (Å²) in [5.74, 6) is 0.105. The standard InChI is InChI=1S/C40H44N6O3/c41-24-31(21-26-9-10-26)39(48)44-33-8-4-7-30(22-33)38(47)43-32-16-19-46(20-17-32)25-27-11-13-29(14-12-27)37-34(28-5-2-1-3-6-28)23-35-36(45-37)15-18-42-40(35)49/h1-8,11-14,21-22,26,32,34-37,45H,9-10,15-20,23,25H2,(H,42,49)(H,43,47)(H,44,48)/b31-21+. The number of piperidine rings is 3. The third kappa shape index (κ3) is 7.93. The Hall–Kier alpha value is -4.78. The topological polar surface area (TPSA) is 126 Å². The smallest absolute Gasteiger partial charge is 0.265 e. The third-order valence-electron chi connectivity index (χ3n) is 10.5. The van der Waals surface area contributed by atoms with E-state index in [4.69, 9.17) is 0 Å². The van der Waals surface area contributed by atoms with Crippen LogP contribution in [-0.2, 0) is 16.1 Å². The van der Waals surface area contributed by atoms with Crippen LogP contribution in [0.25, 0.3) is 0 Å². The van der Waals surface area contributed by atoms with Crippen LogP contribution in [0.1, 0.15) is 77.5 Å². The minimum atomic E-state index is -0.441. The van der Waals surface area contributed by atoms with E-state index in [1.54, 1.807) is 30.3 Å². The first kappa shape index (κ1) is 32.8. The van der Waals surface area contributed by atoms with Gasteiger partial charge in [0.1, 0.15) is 11.6 Å². The van der Waals surface area contributed by atoms with E-state index in [-0.39, 0.29) is 47.3 Å². The molecular formula is C40H44N6O3. The van der Waals surface area contributed by atoms with Crippen LogP contribution in [0.15, 0.2) is 90.5 Å². The van der Waals surface area contributed by atoms with Crippen molar-refractivity contribution in [2.24, 2.45) is 11.8 Å². The molecule has 4 fully saturated rings. The van der Waals surface area contributed by atoms with Crippen LogP contribution in [0.2, 0.25) is 0 Å². The molecule has 3 aromatic rings. The Bertz CT molecular complexity index is 1740. The first-order valence-electron chi connectivity index (χ1n) is 17.7. The lowest BCUT2D eigenvalue weighted by molar-refractivity contribution is -0.129. The summed E-state index contributed by atoms with van der Waals surface area (Å²) in [4.78, 5) is 40.8. The Morgan fingerprint density at radius 3 is 2.41 bits per heavy atom. The molecule has 3 aliphatic heterocycles. The number of nitrogens with zero attached hydrogens (tertiary/aromatic N) is 2. The van der Waals surface area contributed by atoms with E-state index < -0.39 is 5.91 Å². The zero-order valence-corrected chi connectivity index (χ0v) is 27.7. The average molecular weight is 657 g/mol. The molecule has 4 N–H and O–H groups in total. The van der Waals surface area contributed by atoms with Gasteiger partial charge in [0.2, 0.25) is 5.91 Å². The van der Waals surface area contributed by atoms with Crippen LogP contribution in [0.5, 0.6) is 0 Å². The van der Waals surface area contributed by atoms with Gasteiger partial charge in [-0.3, -0.25) is 19.3 Å². The molecule has 3 aromatic carbocycles. The Morgan fingerprint density at radius 1 is 0.898 bits per heavy atom. The summed E-state index contributed by atoms with van der Waals surface area (Å²) in [6, 6.07) is 28.8. The second-order valence-electron chi connectivity index (χ2n) is 14.0. The maximum absolute atomic E-state index is 13.1. The van der Waals surface area contributed by atoms with E-state index in [0.717, 1.165) is 64.7 Å². The molecule has 3 saturated heterocycles. The van der Waals surface area contributed by atoms with Gasteiger partial charge in [-0.05, 0) is 79.3 Å². The minimum Gasteiger partial charge on any atom is -0.356 e. The summed E-state index contributed by atoms with van der Waals surface area (Å²) >= 11 is 0. The number of amides is 3. The van der Waals surface area contributed by atoms with Gasteiger partial charge in [0.15, 0.2) is 0 Å². The lowest BCUT2D eigenvalue weighted by Gasteiger charge is -2.44. The second-order valence-corrected chi connectivity index (χ2v) is 14.0. The van der Waals surface area contributed by atoms with Crippen LogP contribution >= 0.6 is 0 Å². The number of allylic oxidation sites excluding steroid dienone is 1. The summed E-state index contributed by atoms with van der Waals surface area (Å²) in [5, 5.41) is 22.2. The zero-order chi connectivity index (χ0) is 33.7. The fourth-order valence-electron chi connectivity index (χ4n) is 7.64. The number of anilines is 1. The van der Waals surface area contributed by atoms with Crippen molar-refractivity contribution >= 4 is 23.4 Å². The number of rotatable bonds is 9. The number of likely N-dealkylation sites (tertiary alicyclic amines) is 1. The first-order valence-corrected chi connectivity index (χ1v) is 17.7. The molecule has 4 atom stereocenters. The van der Waals surface area contributed by atoms with Crippen LogP contribution in [0.3, 0.4) is 0 Å². The van der Waals surface area contributed by atoms with Gasteiger partial charge in [-0.2, -0.15) is 5.26 Å². The van der Waals surface area contributed by atoms with Crippen molar-refractivity contribution in [1.29, 1.82) is 5.26 Å². The number of fused-ring (bicyclic) bond motifs is 1. The molecule has 3 amide bonds. The highest BCUT2D eigenvalue weighted by molar-refractivity contribution is 6.07. The number of nitriles is 1. The summed E-state index contributed by atoms with van der Waals surface area (Å²) in [6.45, 7) is 3.36. The average Bonchev–Trinajstić information content (AvgIpc) is 3.96. The molecule has 1 saturated carbocycles. The van der Waals surface area contributed by atoms with Gasteiger partial charge in [-0.1, -0.05) is 66.7 Å². The molecule has 4 aliphatic rings. The molecular weight excluding hydrogens is 612 g/mol. The Morgan fingerprint density at radius 2 is 1.67 bits per heavy atom. The lowest BCUT2D eigenvalue weighted by atomic mass is 9.72. The highest BCUT2D eigenvalue weighted by atomic mass is 16.2. The van der Waals surface area contributed by atoms with Crippen molar-refractivity contribution in [3.05, 3.63) is 113 Å². The molecule has 9 heteroatoms. The number of nitrogens with one attached hydrogen (secondary N) is 4. The third-order valence-corrected chi connectivity index (χ3v) is 10.5. The molecule has 3 heterocycles.